The van der Waals surface area contributed by atoms with Crippen molar-refractivity contribution in [2.24, 2.45) is 0 Å². The molecule has 1 unspecified atom stereocenters. The van der Waals surface area contributed by atoms with Crippen LogP contribution in [0.2, 0.25) is 0 Å². The Balaban J connectivity index is 2.07. The normalized spacial score (nSPS) is 12.8. The third-order valence-corrected chi connectivity index (χ3v) is 3.64. The van der Waals surface area contributed by atoms with E-state index in [1.807, 2.05) is 23.8 Å². The minimum atomic E-state index is 0.0814. The molecule has 0 saturated heterocycles. The molecule has 0 aliphatic heterocycles. The van der Waals surface area contributed by atoms with E-state index in [1.165, 1.54) is 0 Å². The minimum Gasteiger partial charge on any atom is -0.395 e. The third-order valence-electron chi connectivity index (χ3n) is 2.78. The van der Waals surface area contributed by atoms with Crippen LogP contribution in [0.4, 0.5) is 0 Å². The van der Waals surface area contributed by atoms with Crippen LogP contribution in [-0.2, 0) is 6.54 Å². The Bertz CT molecular complexity index is 453. The van der Waals surface area contributed by atoms with Crippen LogP contribution >= 0.6 is 11.3 Å². The summed E-state index contributed by atoms with van der Waals surface area (Å²) in [6, 6.07) is 4.17. The molecule has 2 aromatic rings. The second kappa shape index (κ2) is 6.68. The summed E-state index contributed by atoms with van der Waals surface area (Å²) >= 11 is 1.68. The van der Waals surface area contributed by atoms with Crippen molar-refractivity contribution in [1.82, 2.24) is 14.9 Å². The third kappa shape index (κ3) is 3.19. The van der Waals surface area contributed by atoms with Crippen molar-refractivity contribution in [3.63, 3.8) is 0 Å². The maximum atomic E-state index is 9.38. The first-order chi connectivity index (χ1) is 8.85. The molecular weight excluding hydrogens is 246 g/mol. The van der Waals surface area contributed by atoms with Crippen molar-refractivity contribution in [2.45, 2.75) is 25.9 Å². The average molecular weight is 265 g/mol. The van der Waals surface area contributed by atoms with Crippen LogP contribution in [0, 0.1) is 0 Å². The summed E-state index contributed by atoms with van der Waals surface area (Å²) in [7, 11) is 0. The van der Waals surface area contributed by atoms with Gasteiger partial charge in [0.2, 0.25) is 0 Å². The highest BCUT2D eigenvalue weighted by atomic mass is 32.1. The van der Waals surface area contributed by atoms with E-state index in [9.17, 15) is 5.11 Å². The van der Waals surface area contributed by atoms with Crippen molar-refractivity contribution < 1.29 is 5.11 Å². The summed E-state index contributed by atoms with van der Waals surface area (Å²) in [6.07, 6.45) is 4.84. The molecule has 98 valence electrons. The van der Waals surface area contributed by atoms with E-state index in [1.54, 1.807) is 11.3 Å². The monoisotopic (exact) mass is 265 g/mol. The van der Waals surface area contributed by atoms with E-state index in [-0.39, 0.29) is 12.6 Å². The molecule has 0 saturated carbocycles. The number of nitrogens with zero attached hydrogens (tertiary/aromatic N) is 2. The van der Waals surface area contributed by atoms with Gasteiger partial charge in [0.15, 0.2) is 0 Å². The van der Waals surface area contributed by atoms with Crippen molar-refractivity contribution in [2.75, 3.05) is 13.2 Å². The maximum absolute atomic E-state index is 9.38. The van der Waals surface area contributed by atoms with Gasteiger partial charge < -0.3 is 15.0 Å². The maximum Gasteiger partial charge on any atom is 0.150 e. The van der Waals surface area contributed by atoms with Crippen molar-refractivity contribution in [3.8, 4) is 10.7 Å². The van der Waals surface area contributed by atoms with Crippen molar-refractivity contribution >= 4 is 11.3 Å². The topological polar surface area (TPSA) is 50.1 Å². The first kappa shape index (κ1) is 13.3. The smallest absolute Gasteiger partial charge is 0.150 e. The van der Waals surface area contributed by atoms with Gasteiger partial charge in [-0.2, -0.15) is 0 Å². The fourth-order valence-electron chi connectivity index (χ4n) is 1.86. The van der Waals surface area contributed by atoms with Crippen LogP contribution in [0.25, 0.3) is 10.7 Å². The van der Waals surface area contributed by atoms with Crippen LogP contribution in [0.3, 0.4) is 0 Å². The molecule has 0 aromatic carbocycles. The number of rotatable bonds is 7. The summed E-state index contributed by atoms with van der Waals surface area (Å²) in [5.74, 6) is 0.974. The molecule has 0 amide bonds. The van der Waals surface area contributed by atoms with Gasteiger partial charge in [0.25, 0.3) is 0 Å². The molecule has 4 nitrogen and oxygen atoms in total. The average Bonchev–Trinajstić information content (AvgIpc) is 3.04. The summed E-state index contributed by atoms with van der Waals surface area (Å²) in [5.41, 5.74) is 0. The van der Waals surface area contributed by atoms with Gasteiger partial charge in [0.1, 0.15) is 5.82 Å². The fourth-order valence-corrected chi connectivity index (χ4v) is 2.60. The number of aromatic nitrogens is 2. The number of nitrogens with one attached hydrogen (secondary N) is 1. The van der Waals surface area contributed by atoms with Gasteiger partial charge >= 0.3 is 0 Å². The van der Waals surface area contributed by atoms with Gasteiger partial charge in [0, 0.05) is 25.0 Å². The number of aliphatic hydroxyl groups is 1. The zero-order chi connectivity index (χ0) is 12.8. The van der Waals surface area contributed by atoms with E-state index in [2.05, 4.69) is 27.9 Å². The Hall–Kier alpha value is -1.17. The van der Waals surface area contributed by atoms with Crippen LogP contribution < -0.4 is 5.32 Å². The van der Waals surface area contributed by atoms with E-state index in [0.717, 1.165) is 30.2 Å². The predicted molar refractivity (Wildman–Crippen MR) is 74.7 cm³/mol. The number of imidazole rings is 1. The van der Waals surface area contributed by atoms with Gasteiger partial charge in [-0.25, -0.2) is 4.98 Å². The number of hydrogen-bond acceptors (Lipinski definition) is 4. The Morgan fingerprint density at radius 1 is 1.56 bits per heavy atom. The Morgan fingerprint density at radius 2 is 2.44 bits per heavy atom. The Kier molecular flexibility index (Phi) is 4.92. The van der Waals surface area contributed by atoms with Crippen molar-refractivity contribution in [1.29, 1.82) is 0 Å². The number of aliphatic hydroxyl groups excluding tert-OH is 1. The molecule has 2 aromatic heterocycles. The first-order valence-corrected chi connectivity index (χ1v) is 7.12. The zero-order valence-corrected chi connectivity index (χ0v) is 11.4. The Morgan fingerprint density at radius 3 is 3.11 bits per heavy atom. The lowest BCUT2D eigenvalue weighted by Gasteiger charge is -2.17. The lowest BCUT2D eigenvalue weighted by atomic mass is 10.3. The van der Waals surface area contributed by atoms with Gasteiger partial charge in [0.05, 0.1) is 11.5 Å². The molecule has 5 heteroatoms. The van der Waals surface area contributed by atoms with Gasteiger partial charge in [-0.3, -0.25) is 0 Å². The molecule has 0 fully saturated rings. The molecule has 2 N–H and O–H groups in total. The summed E-state index contributed by atoms with van der Waals surface area (Å²) in [5, 5.41) is 14.8. The molecule has 0 aliphatic rings. The number of thiophene rings is 1. The molecule has 0 bridgehead atoms. The zero-order valence-electron chi connectivity index (χ0n) is 10.5. The molecule has 1 atom stereocenters. The van der Waals surface area contributed by atoms with Crippen LogP contribution in [0.15, 0.2) is 29.9 Å². The Labute approximate surface area is 111 Å². The SMILES string of the molecule is CCCNC(CO)Cn1ccnc1-c1cccs1. The molecule has 2 heterocycles. The highest BCUT2D eigenvalue weighted by Crippen LogP contribution is 2.22. The van der Waals surface area contributed by atoms with E-state index in [0.29, 0.717) is 0 Å². The predicted octanol–water partition coefficient (Wildman–Crippen LogP) is 1.97. The van der Waals surface area contributed by atoms with E-state index >= 15 is 0 Å². The number of hydrogen-bond donors (Lipinski definition) is 2. The van der Waals surface area contributed by atoms with Crippen LogP contribution in [-0.4, -0.2) is 33.9 Å². The van der Waals surface area contributed by atoms with Gasteiger partial charge in [-0.15, -0.1) is 11.3 Å². The molecule has 18 heavy (non-hydrogen) atoms. The summed E-state index contributed by atoms with van der Waals surface area (Å²) in [6.45, 7) is 3.93. The lowest BCUT2D eigenvalue weighted by Crippen LogP contribution is -2.36. The lowest BCUT2D eigenvalue weighted by molar-refractivity contribution is 0.229. The highest BCUT2D eigenvalue weighted by Gasteiger charge is 2.11. The molecule has 0 spiro atoms. The van der Waals surface area contributed by atoms with Crippen LogP contribution in [0.5, 0.6) is 0 Å². The summed E-state index contributed by atoms with van der Waals surface area (Å²) < 4.78 is 2.09. The second-order valence-electron chi connectivity index (χ2n) is 4.21. The highest BCUT2D eigenvalue weighted by molar-refractivity contribution is 7.13. The quantitative estimate of drug-likeness (QED) is 0.805. The molecule has 2 rings (SSSR count). The molecular formula is C13H19N3OS. The minimum absolute atomic E-state index is 0.0814. The van der Waals surface area contributed by atoms with Gasteiger partial charge in [-0.1, -0.05) is 13.0 Å². The molecule has 0 radical (unpaired) electrons. The fraction of sp³-hybridized carbons (Fsp3) is 0.462. The van der Waals surface area contributed by atoms with E-state index in [4.69, 9.17) is 0 Å². The van der Waals surface area contributed by atoms with Crippen LogP contribution in [0.1, 0.15) is 13.3 Å². The van der Waals surface area contributed by atoms with Gasteiger partial charge in [-0.05, 0) is 24.4 Å². The second-order valence-corrected chi connectivity index (χ2v) is 5.16. The largest absolute Gasteiger partial charge is 0.395 e. The summed E-state index contributed by atoms with van der Waals surface area (Å²) in [4.78, 5) is 5.55. The van der Waals surface area contributed by atoms with Crippen molar-refractivity contribution in [3.05, 3.63) is 29.9 Å². The van der Waals surface area contributed by atoms with E-state index < -0.39 is 0 Å². The standard InChI is InChI=1S/C13H19N3OS/c1-2-5-14-11(10-17)9-16-7-6-15-13(16)12-4-3-8-18-12/h3-4,6-8,11,14,17H,2,5,9-10H2,1H3. The first-order valence-electron chi connectivity index (χ1n) is 6.24. The molecule has 0 aliphatic carbocycles.